The molecule has 1 aliphatic carbocycles. The molecule has 1 saturated carbocycles. The average Bonchev–Trinajstić information content (AvgIpc) is 2.95. The van der Waals surface area contributed by atoms with Crippen molar-refractivity contribution in [2.75, 3.05) is 45.1 Å². The van der Waals surface area contributed by atoms with Gasteiger partial charge in [-0.3, -0.25) is 9.52 Å². The van der Waals surface area contributed by atoms with Gasteiger partial charge < -0.3 is 24.4 Å². The van der Waals surface area contributed by atoms with E-state index in [0.717, 1.165) is 6.54 Å². The molecule has 0 bridgehead atoms. The number of carbonyl (C=O) groups excluding carboxylic acids is 1. The van der Waals surface area contributed by atoms with Crippen LogP contribution in [0.15, 0.2) is 47.4 Å². The molecular formula is C30H43N3O6S. The molecule has 9 nitrogen and oxygen atoms in total. The van der Waals surface area contributed by atoms with Crippen LogP contribution in [-0.2, 0) is 10.0 Å². The minimum absolute atomic E-state index is 0.0637. The number of fused-ring (bicyclic) bond motifs is 1. The summed E-state index contributed by atoms with van der Waals surface area (Å²) in [5.41, 5.74) is 0.467. The van der Waals surface area contributed by atoms with E-state index in [1.807, 2.05) is 13.8 Å². The van der Waals surface area contributed by atoms with Gasteiger partial charge in [0.2, 0.25) is 0 Å². The highest BCUT2D eigenvalue weighted by atomic mass is 32.2. The standard InChI is InChI=1S/C30H43N3O6S/c1-21-17-33(22(2)20-34)30(35)26-11-8-12-27(31-40(36,37)25-15-13-24(38-4)14-16-25)29(26)39-28(21)19-32(3)18-23-9-6-5-7-10-23/h8,11-16,21-23,28,31,34H,5-7,9-10,17-20H2,1-4H3/t21-,22+,28+/m0/s1. The molecule has 0 aromatic heterocycles. The third-order valence-corrected chi connectivity index (χ3v) is 9.47. The number of aliphatic hydroxyl groups excluding tert-OH is 1. The number of likely N-dealkylation sites (N-methyl/N-ethyl adjacent to an activating group) is 1. The molecule has 4 rings (SSSR count). The molecule has 10 heteroatoms. The molecular weight excluding hydrogens is 530 g/mol. The maximum atomic E-state index is 13.7. The van der Waals surface area contributed by atoms with E-state index in [1.54, 1.807) is 35.2 Å². The zero-order valence-electron chi connectivity index (χ0n) is 24.0. The summed E-state index contributed by atoms with van der Waals surface area (Å²) in [6, 6.07) is 10.6. The number of hydrogen-bond acceptors (Lipinski definition) is 7. The van der Waals surface area contributed by atoms with Crippen molar-refractivity contribution in [1.29, 1.82) is 0 Å². The Morgan fingerprint density at radius 3 is 2.48 bits per heavy atom. The van der Waals surface area contributed by atoms with Crippen LogP contribution in [0, 0.1) is 11.8 Å². The van der Waals surface area contributed by atoms with Gasteiger partial charge in [-0.1, -0.05) is 32.3 Å². The summed E-state index contributed by atoms with van der Waals surface area (Å²) >= 11 is 0. The number of aliphatic hydroxyl groups is 1. The number of rotatable bonds is 10. The summed E-state index contributed by atoms with van der Waals surface area (Å²) in [6.45, 7) is 5.70. The fourth-order valence-corrected chi connectivity index (χ4v) is 6.75. The Hall–Kier alpha value is -2.82. The second kappa shape index (κ2) is 13.2. The second-order valence-electron chi connectivity index (χ2n) is 11.3. The Morgan fingerprint density at radius 1 is 1.12 bits per heavy atom. The van der Waals surface area contributed by atoms with E-state index in [0.29, 0.717) is 24.8 Å². The monoisotopic (exact) mass is 573 g/mol. The summed E-state index contributed by atoms with van der Waals surface area (Å²) < 4.78 is 41.1. The predicted octanol–water partition coefficient (Wildman–Crippen LogP) is 4.23. The Balaban J connectivity index is 1.67. The van der Waals surface area contributed by atoms with Crippen molar-refractivity contribution < 1.29 is 27.8 Å². The summed E-state index contributed by atoms with van der Waals surface area (Å²) in [5, 5.41) is 9.93. The Bertz CT molecular complexity index is 1250. The maximum absolute atomic E-state index is 13.7. The molecule has 1 aliphatic heterocycles. The van der Waals surface area contributed by atoms with Crippen molar-refractivity contribution in [3.05, 3.63) is 48.0 Å². The fraction of sp³-hybridized carbons (Fsp3) is 0.567. The van der Waals surface area contributed by atoms with Gasteiger partial charge in [0.15, 0.2) is 5.75 Å². The molecule has 2 N–H and O–H groups in total. The predicted molar refractivity (Wildman–Crippen MR) is 155 cm³/mol. The lowest BCUT2D eigenvalue weighted by Gasteiger charge is -2.39. The van der Waals surface area contributed by atoms with Crippen molar-refractivity contribution in [2.24, 2.45) is 11.8 Å². The van der Waals surface area contributed by atoms with Crippen molar-refractivity contribution >= 4 is 21.6 Å². The van der Waals surface area contributed by atoms with Gasteiger partial charge >= 0.3 is 0 Å². The van der Waals surface area contributed by atoms with Gasteiger partial charge in [0.25, 0.3) is 15.9 Å². The van der Waals surface area contributed by atoms with Crippen LogP contribution < -0.4 is 14.2 Å². The number of anilines is 1. The first-order valence-corrected chi connectivity index (χ1v) is 15.7. The van der Waals surface area contributed by atoms with Crippen LogP contribution in [0.1, 0.15) is 56.3 Å². The lowest BCUT2D eigenvalue weighted by atomic mass is 9.89. The zero-order chi connectivity index (χ0) is 28.9. The number of nitrogens with one attached hydrogen (secondary N) is 1. The largest absolute Gasteiger partial charge is 0.497 e. The van der Waals surface area contributed by atoms with Crippen LogP contribution in [0.2, 0.25) is 0 Å². The van der Waals surface area contributed by atoms with Crippen molar-refractivity contribution in [2.45, 2.75) is 63.0 Å². The van der Waals surface area contributed by atoms with Gasteiger partial charge in [-0.2, -0.15) is 0 Å². The first kappa shape index (κ1) is 30.1. The molecule has 3 atom stereocenters. The molecule has 1 amide bonds. The van der Waals surface area contributed by atoms with E-state index < -0.39 is 16.1 Å². The van der Waals surface area contributed by atoms with Gasteiger partial charge in [0, 0.05) is 25.6 Å². The SMILES string of the molecule is COc1ccc(S(=O)(=O)Nc2cccc3c2O[C@H](CN(C)CC2CCCCC2)[C@@H](C)CN([C@H](C)CO)C3=O)cc1. The molecule has 2 aliphatic rings. The molecule has 1 fully saturated rings. The van der Waals surface area contributed by atoms with Gasteiger partial charge in [0.1, 0.15) is 11.9 Å². The van der Waals surface area contributed by atoms with E-state index in [4.69, 9.17) is 9.47 Å². The second-order valence-corrected chi connectivity index (χ2v) is 13.0. The number of nitrogens with zero attached hydrogens (tertiary/aromatic N) is 2. The summed E-state index contributed by atoms with van der Waals surface area (Å²) in [5.74, 6) is 1.05. The van der Waals surface area contributed by atoms with Crippen LogP contribution in [0.3, 0.4) is 0 Å². The molecule has 0 unspecified atom stereocenters. The van der Waals surface area contributed by atoms with Crippen molar-refractivity contribution in [1.82, 2.24) is 9.80 Å². The zero-order valence-corrected chi connectivity index (χ0v) is 24.8. The fourth-order valence-electron chi connectivity index (χ4n) is 5.69. The molecule has 40 heavy (non-hydrogen) atoms. The number of methoxy groups -OCH3 is 1. The Morgan fingerprint density at radius 2 is 1.82 bits per heavy atom. The molecule has 0 spiro atoms. The smallest absolute Gasteiger partial charge is 0.262 e. The number of sulfonamides is 1. The molecule has 220 valence electrons. The quantitative estimate of drug-likeness (QED) is 0.438. The average molecular weight is 574 g/mol. The van der Waals surface area contributed by atoms with Crippen LogP contribution in [0.5, 0.6) is 11.5 Å². The topological polar surface area (TPSA) is 108 Å². The highest BCUT2D eigenvalue weighted by Crippen LogP contribution is 2.36. The van der Waals surface area contributed by atoms with E-state index in [2.05, 4.69) is 16.7 Å². The van der Waals surface area contributed by atoms with Crippen LogP contribution in [0.25, 0.3) is 0 Å². The maximum Gasteiger partial charge on any atom is 0.262 e. The minimum Gasteiger partial charge on any atom is -0.497 e. The number of ether oxygens (including phenoxy) is 2. The number of amides is 1. The lowest BCUT2D eigenvalue weighted by molar-refractivity contribution is 0.0333. The highest BCUT2D eigenvalue weighted by Gasteiger charge is 2.35. The Kier molecular flexibility index (Phi) is 9.97. The van der Waals surface area contributed by atoms with Gasteiger partial charge in [-0.15, -0.1) is 0 Å². The van der Waals surface area contributed by atoms with Crippen LogP contribution in [0.4, 0.5) is 5.69 Å². The molecule has 0 radical (unpaired) electrons. The van der Waals surface area contributed by atoms with E-state index in [-0.39, 0.29) is 46.4 Å². The molecule has 0 saturated heterocycles. The molecule has 2 aromatic rings. The summed E-state index contributed by atoms with van der Waals surface area (Å²) in [4.78, 5) is 17.7. The summed E-state index contributed by atoms with van der Waals surface area (Å²) in [7, 11) is -0.363. The van der Waals surface area contributed by atoms with Gasteiger partial charge in [-0.05, 0) is 69.1 Å². The Labute approximate surface area is 238 Å². The third-order valence-electron chi connectivity index (χ3n) is 8.09. The number of carbonyl (C=O) groups is 1. The first-order chi connectivity index (χ1) is 19.1. The number of benzene rings is 2. The van der Waals surface area contributed by atoms with E-state index in [9.17, 15) is 18.3 Å². The van der Waals surface area contributed by atoms with Gasteiger partial charge in [0.05, 0.1) is 35.9 Å². The minimum atomic E-state index is -3.98. The normalized spacial score (nSPS) is 21.2. The summed E-state index contributed by atoms with van der Waals surface area (Å²) in [6.07, 6.45) is 6.03. The van der Waals surface area contributed by atoms with Crippen LogP contribution >= 0.6 is 0 Å². The number of para-hydroxylation sites is 1. The van der Waals surface area contributed by atoms with Crippen LogP contribution in [-0.4, -0.2) is 81.8 Å². The van der Waals surface area contributed by atoms with E-state index >= 15 is 0 Å². The highest BCUT2D eigenvalue weighted by molar-refractivity contribution is 7.92. The third kappa shape index (κ3) is 7.08. The molecule has 2 aromatic carbocycles. The number of hydrogen-bond donors (Lipinski definition) is 2. The van der Waals surface area contributed by atoms with Crippen molar-refractivity contribution in [3.8, 4) is 11.5 Å². The molecule has 1 heterocycles. The van der Waals surface area contributed by atoms with E-state index in [1.165, 1.54) is 51.3 Å². The first-order valence-electron chi connectivity index (χ1n) is 14.2. The lowest BCUT2D eigenvalue weighted by Crippen LogP contribution is -2.50. The van der Waals surface area contributed by atoms with Gasteiger partial charge in [-0.25, -0.2) is 8.42 Å². The van der Waals surface area contributed by atoms with Crippen molar-refractivity contribution in [3.63, 3.8) is 0 Å².